The second-order valence-electron chi connectivity index (χ2n) is 5.27. The van der Waals surface area contributed by atoms with Crippen LogP contribution in [0.4, 0.5) is 0 Å². The van der Waals surface area contributed by atoms with Crippen LogP contribution in [0.2, 0.25) is 0 Å². The molecule has 102 valence electrons. The molecule has 1 aromatic carbocycles. The van der Waals surface area contributed by atoms with Gasteiger partial charge in [-0.25, -0.2) is 5.43 Å². The lowest BCUT2D eigenvalue weighted by molar-refractivity contribution is -0.121. The molecule has 0 saturated heterocycles. The number of amides is 1. The van der Waals surface area contributed by atoms with Gasteiger partial charge in [0, 0.05) is 12.1 Å². The van der Waals surface area contributed by atoms with E-state index in [1.807, 2.05) is 30.3 Å². The number of hydrazone groups is 1. The topological polar surface area (TPSA) is 41.5 Å². The molecule has 1 atom stereocenters. The van der Waals surface area contributed by atoms with E-state index in [0.29, 0.717) is 12.3 Å². The third-order valence-electron chi connectivity index (χ3n) is 3.70. The molecule has 1 aliphatic carbocycles. The van der Waals surface area contributed by atoms with Gasteiger partial charge in [-0.3, -0.25) is 4.79 Å². The van der Waals surface area contributed by atoms with Crippen LogP contribution in [-0.4, -0.2) is 11.6 Å². The highest BCUT2D eigenvalue weighted by Gasteiger charge is 2.15. The van der Waals surface area contributed by atoms with Crippen LogP contribution in [0.1, 0.15) is 44.6 Å². The number of nitrogens with zero attached hydrogens (tertiary/aromatic N) is 1. The van der Waals surface area contributed by atoms with Gasteiger partial charge in [-0.15, -0.1) is 0 Å². The number of aryl methyl sites for hydroxylation is 1. The molecular weight excluding hydrogens is 236 g/mol. The van der Waals surface area contributed by atoms with Crippen LogP contribution < -0.4 is 5.43 Å². The molecule has 1 fully saturated rings. The van der Waals surface area contributed by atoms with Gasteiger partial charge in [-0.1, -0.05) is 43.7 Å². The molecule has 0 aliphatic heterocycles. The van der Waals surface area contributed by atoms with Crippen molar-refractivity contribution in [1.29, 1.82) is 0 Å². The molecular formula is C16H22N2O. The summed E-state index contributed by atoms with van der Waals surface area (Å²) in [5.41, 5.74) is 5.05. The van der Waals surface area contributed by atoms with Crippen molar-refractivity contribution in [3.8, 4) is 0 Å². The van der Waals surface area contributed by atoms with E-state index >= 15 is 0 Å². The fourth-order valence-electron chi connectivity index (χ4n) is 2.43. The molecule has 1 unspecified atom stereocenters. The van der Waals surface area contributed by atoms with Crippen molar-refractivity contribution in [1.82, 2.24) is 5.43 Å². The molecule has 0 heterocycles. The highest BCUT2D eigenvalue weighted by atomic mass is 16.2. The van der Waals surface area contributed by atoms with Crippen molar-refractivity contribution in [3.05, 3.63) is 35.9 Å². The van der Waals surface area contributed by atoms with Crippen LogP contribution in [0, 0.1) is 5.92 Å². The van der Waals surface area contributed by atoms with E-state index in [-0.39, 0.29) is 5.91 Å². The zero-order chi connectivity index (χ0) is 13.5. The van der Waals surface area contributed by atoms with Gasteiger partial charge in [0.2, 0.25) is 5.91 Å². The SMILES string of the molecule is CC1CCCCC1=NNC(=O)CCc1ccccc1. The predicted octanol–water partition coefficient (Wildman–Crippen LogP) is 3.30. The maximum Gasteiger partial charge on any atom is 0.240 e. The smallest absolute Gasteiger partial charge is 0.240 e. The number of carbonyl (C=O) groups excluding carboxylic acids is 1. The van der Waals surface area contributed by atoms with E-state index in [2.05, 4.69) is 17.5 Å². The lowest BCUT2D eigenvalue weighted by atomic mass is 9.89. The Balaban J connectivity index is 1.77. The van der Waals surface area contributed by atoms with Gasteiger partial charge in [0.25, 0.3) is 0 Å². The summed E-state index contributed by atoms with van der Waals surface area (Å²) in [6, 6.07) is 10.1. The van der Waals surface area contributed by atoms with Crippen LogP contribution in [0.25, 0.3) is 0 Å². The molecule has 0 aromatic heterocycles. The van der Waals surface area contributed by atoms with Gasteiger partial charge >= 0.3 is 0 Å². The molecule has 1 aromatic rings. The Bertz CT molecular complexity index is 439. The summed E-state index contributed by atoms with van der Waals surface area (Å²) in [4.78, 5) is 11.7. The fraction of sp³-hybridized carbons (Fsp3) is 0.500. The van der Waals surface area contributed by atoms with E-state index in [1.165, 1.54) is 24.8 Å². The summed E-state index contributed by atoms with van der Waals surface area (Å²) >= 11 is 0. The maximum absolute atomic E-state index is 11.7. The Hall–Kier alpha value is -1.64. The second-order valence-corrected chi connectivity index (χ2v) is 5.27. The van der Waals surface area contributed by atoms with Gasteiger partial charge < -0.3 is 0 Å². The molecule has 1 saturated carbocycles. The molecule has 3 nitrogen and oxygen atoms in total. The molecule has 0 spiro atoms. The van der Waals surface area contributed by atoms with Crippen LogP contribution in [0.15, 0.2) is 35.4 Å². The first kappa shape index (κ1) is 13.8. The standard InChI is InChI=1S/C16H22N2O/c1-13-7-5-6-10-15(13)17-18-16(19)12-11-14-8-3-2-4-9-14/h2-4,8-9,13H,5-7,10-12H2,1H3,(H,18,19). The van der Waals surface area contributed by atoms with Gasteiger partial charge in [0.15, 0.2) is 0 Å². The minimum atomic E-state index is 0.00845. The van der Waals surface area contributed by atoms with Crippen molar-refractivity contribution >= 4 is 11.6 Å². The Kier molecular flexibility index (Phi) is 5.13. The zero-order valence-corrected chi connectivity index (χ0v) is 11.6. The van der Waals surface area contributed by atoms with Crippen molar-refractivity contribution < 1.29 is 4.79 Å². The number of benzene rings is 1. The Morgan fingerprint density at radius 3 is 2.84 bits per heavy atom. The summed E-state index contributed by atoms with van der Waals surface area (Å²) in [6.07, 6.45) is 5.96. The fourth-order valence-corrected chi connectivity index (χ4v) is 2.43. The molecule has 0 radical (unpaired) electrons. The first-order valence-electron chi connectivity index (χ1n) is 7.15. The van der Waals surface area contributed by atoms with Crippen LogP contribution in [0.3, 0.4) is 0 Å². The number of hydrogen-bond donors (Lipinski definition) is 1. The van der Waals surface area contributed by atoms with Crippen molar-refractivity contribution in [2.75, 3.05) is 0 Å². The highest BCUT2D eigenvalue weighted by molar-refractivity contribution is 5.88. The average molecular weight is 258 g/mol. The van der Waals surface area contributed by atoms with E-state index in [9.17, 15) is 4.79 Å². The number of hydrogen-bond acceptors (Lipinski definition) is 2. The minimum Gasteiger partial charge on any atom is -0.273 e. The normalized spacial score (nSPS) is 21.3. The monoisotopic (exact) mass is 258 g/mol. The zero-order valence-electron chi connectivity index (χ0n) is 11.6. The summed E-state index contributed by atoms with van der Waals surface area (Å²) in [7, 11) is 0. The molecule has 1 aliphatic rings. The third-order valence-corrected chi connectivity index (χ3v) is 3.70. The molecule has 1 N–H and O–H groups in total. The Morgan fingerprint density at radius 2 is 2.11 bits per heavy atom. The predicted molar refractivity (Wildman–Crippen MR) is 78.0 cm³/mol. The van der Waals surface area contributed by atoms with Crippen molar-refractivity contribution in [3.63, 3.8) is 0 Å². The van der Waals surface area contributed by atoms with Gasteiger partial charge in [-0.2, -0.15) is 5.10 Å². The Labute approximate surface area is 115 Å². The highest BCUT2D eigenvalue weighted by Crippen LogP contribution is 2.20. The van der Waals surface area contributed by atoms with Gasteiger partial charge in [0.05, 0.1) is 0 Å². The average Bonchev–Trinajstić information content (AvgIpc) is 2.45. The second kappa shape index (κ2) is 7.07. The van der Waals surface area contributed by atoms with E-state index in [1.54, 1.807) is 0 Å². The quantitative estimate of drug-likeness (QED) is 0.827. The van der Waals surface area contributed by atoms with Crippen LogP contribution >= 0.6 is 0 Å². The Morgan fingerprint density at radius 1 is 1.32 bits per heavy atom. The largest absolute Gasteiger partial charge is 0.273 e. The first-order chi connectivity index (χ1) is 9.25. The number of carbonyl (C=O) groups is 1. The number of rotatable bonds is 4. The van der Waals surface area contributed by atoms with Gasteiger partial charge in [-0.05, 0) is 37.2 Å². The molecule has 2 rings (SSSR count). The molecule has 19 heavy (non-hydrogen) atoms. The van der Waals surface area contributed by atoms with E-state index in [0.717, 1.165) is 18.6 Å². The number of nitrogens with one attached hydrogen (secondary N) is 1. The molecule has 0 bridgehead atoms. The van der Waals surface area contributed by atoms with Crippen LogP contribution in [-0.2, 0) is 11.2 Å². The maximum atomic E-state index is 11.7. The first-order valence-corrected chi connectivity index (χ1v) is 7.15. The minimum absolute atomic E-state index is 0.00845. The van der Waals surface area contributed by atoms with Crippen molar-refractivity contribution in [2.45, 2.75) is 45.4 Å². The van der Waals surface area contributed by atoms with E-state index in [4.69, 9.17) is 0 Å². The summed E-state index contributed by atoms with van der Waals surface area (Å²) < 4.78 is 0. The van der Waals surface area contributed by atoms with Gasteiger partial charge in [0.1, 0.15) is 0 Å². The molecule has 3 heteroatoms. The van der Waals surface area contributed by atoms with Crippen molar-refractivity contribution in [2.24, 2.45) is 11.0 Å². The lowest BCUT2D eigenvalue weighted by Crippen LogP contribution is -2.24. The summed E-state index contributed by atoms with van der Waals surface area (Å²) in [5, 5.41) is 4.29. The third kappa shape index (κ3) is 4.51. The lowest BCUT2D eigenvalue weighted by Gasteiger charge is -2.19. The summed E-state index contributed by atoms with van der Waals surface area (Å²) in [6.45, 7) is 2.19. The van der Waals surface area contributed by atoms with E-state index < -0.39 is 0 Å². The summed E-state index contributed by atoms with van der Waals surface area (Å²) in [5.74, 6) is 0.525. The van der Waals surface area contributed by atoms with Crippen LogP contribution in [0.5, 0.6) is 0 Å². The molecule has 1 amide bonds.